The summed E-state index contributed by atoms with van der Waals surface area (Å²) in [4.78, 5) is 14.3. The first kappa shape index (κ1) is 20.8. The molecule has 0 radical (unpaired) electrons. The van der Waals surface area contributed by atoms with Crippen LogP contribution < -0.4 is 4.18 Å². The molecule has 0 spiro atoms. The normalized spacial score (nSPS) is 13.0. The summed E-state index contributed by atoms with van der Waals surface area (Å²) in [5.41, 5.74) is 0.574. The van der Waals surface area contributed by atoms with Crippen LogP contribution in [0.2, 0.25) is 5.02 Å². The fourth-order valence-corrected chi connectivity index (χ4v) is 2.96. The van der Waals surface area contributed by atoms with Gasteiger partial charge in [-0.05, 0) is 37.5 Å². The molecule has 0 fully saturated rings. The van der Waals surface area contributed by atoms with Crippen molar-refractivity contribution in [3.63, 3.8) is 0 Å². The highest BCUT2D eigenvalue weighted by molar-refractivity contribution is 7.86. The van der Waals surface area contributed by atoms with E-state index >= 15 is 0 Å². The van der Waals surface area contributed by atoms with E-state index < -0.39 is 10.1 Å². The molecular formula is C17H26ClNO4S. The van der Waals surface area contributed by atoms with Crippen LogP contribution in [0, 0.1) is 5.92 Å². The maximum absolute atomic E-state index is 12.6. The summed E-state index contributed by atoms with van der Waals surface area (Å²) in [5.74, 6) is 0.479. The van der Waals surface area contributed by atoms with Gasteiger partial charge in [0.05, 0.1) is 6.26 Å². The molecule has 24 heavy (non-hydrogen) atoms. The number of nitrogens with zero attached hydrogens (tertiary/aromatic N) is 1. The molecule has 1 atom stereocenters. The van der Waals surface area contributed by atoms with Gasteiger partial charge in [-0.1, -0.05) is 32.4 Å². The van der Waals surface area contributed by atoms with E-state index in [0.717, 1.165) is 12.7 Å². The smallest absolute Gasteiger partial charge is 0.306 e. The number of hydrogen-bond donors (Lipinski definition) is 0. The highest BCUT2D eigenvalue weighted by atomic mass is 35.5. The Labute approximate surface area is 150 Å². The first-order valence-corrected chi connectivity index (χ1v) is 10.2. The number of benzene rings is 1. The summed E-state index contributed by atoms with van der Waals surface area (Å²) in [6.07, 6.45) is 2.22. The monoisotopic (exact) mass is 375 g/mol. The maximum atomic E-state index is 12.6. The molecule has 0 saturated heterocycles. The summed E-state index contributed by atoms with van der Waals surface area (Å²) in [7, 11) is -3.66. The van der Waals surface area contributed by atoms with Gasteiger partial charge in [0.2, 0.25) is 5.91 Å². The second kappa shape index (κ2) is 8.72. The predicted octanol–water partition coefficient (Wildman–Crippen LogP) is 3.85. The van der Waals surface area contributed by atoms with Crippen LogP contribution >= 0.6 is 11.6 Å². The summed E-state index contributed by atoms with van der Waals surface area (Å²) in [5, 5.41) is 0.464. The van der Waals surface area contributed by atoms with Crippen molar-refractivity contribution >= 4 is 27.6 Å². The van der Waals surface area contributed by atoms with E-state index in [-0.39, 0.29) is 30.2 Å². The summed E-state index contributed by atoms with van der Waals surface area (Å²) in [6, 6.07) is 4.75. The Morgan fingerprint density at radius 2 is 1.92 bits per heavy atom. The van der Waals surface area contributed by atoms with Gasteiger partial charge in [-0.3, -0.25) is 4.79 Å². The van der Waals surface area contributed by atoms with Gasteiger partial charge in [0.1, 0.15) is 5.75 Å². The van der Waals surface area contributed by atoms with Gasteiger partial charge in [-0.15, -0.1) is 0 Å². The average molecular weight is 376 g/mol. The Hall–Kier alpha value is -1.27. The molecule has 0 aliphatic heterocycles. The first-order chi connectivity index (χ1) is 11.0. The van der Waals surface area contributed by atoms with Crippen molar-refractivity contribution in [1.29, 1.82) is 0 Å². The topological polar surface area (TPSA) is 63.7 Å². The summed E-state index contributed by atoms with van der Waals surface area (Å²) in [6.45, 7) is 8.21. The zero-order valence-electron chi connectivity index (χ0n) is 14.9. The van der Waals surface area contributed by atoms with Gasteiger partial charge in [-0.25, -0.2) is 0 Å². The zero-order valence-corrected chi connectivity index (χ0v) is 16.4. The molecule has 1 unspecified atom stereocenters. The lowest BCUT2D eigenvalue weighted by molar-refractivity contribution is -0.134. The van der Waals surface area contributed by atoms with Crippen LogP contribution in [0.3, 0.4) is 0 Å². The third kappa shape index (κ3) is 6.69. The van der Waals surface area contributed by atoms with Gasteiger partial charge >= 0.3 is 10.1 Å². The van der Waals surface area contributed by atoms with Crippen molar-refractivity contribution in [3.8, 4) is 5.75 Å². The van der Waals surface area contributed by atoms with Crippen molar-refractivity contribution in [2.45, 2.75) is 53.1 Å². The van der Waals surface area contributed by atoms with Gasteiger partial charge in [-0.2, -0.15) is 8.42 Å². The third-order valence-electron chi connectivity index (χ3n) is 3.63. The van der Waals surface area contributed by atoms with E-state index in [9.17, 15) is 13.2 Å². The lowest BCUT2D eigenvalue weighted by Crippen LogP contribution is -2.38. The van der Waals surface area contributed by atoms with Gasteiger partial charge < -0.3 is 9.08 Å². The van der Waals surface area contributed by atoms with Gasteiger partial charge in [0, 0.05) is 29.6 Å². The Bertz CT molecular complexity index is 673. The molecule has 1 amide bonds. The van der Waals surface area contributed by atoms with E-state index in [1.807, 2.05) is 27.7 Å². The molecular weight excluding hydrogens is 350 g/mol. The SMILES string of the molecule is CCC(C)N(Cc1cc(Cl)ccc1OS(C)(=O)=O)C(=O)CC(C)C. The molecule has 0 aliphatic rings. The Morgan fingerprint density at radius 3 is 2.42 bits per heavy atom. The number of amides is 1. The lowest BCUT2D eigenvalue weighted by atomic mass is 10.1. The zero-order chi connectivity index (χ0) is 18.5. The van der Waals surface area contributed by atoms with Crippen LogP contribution in [-0.2, 0) is 21.5 Å². The van der Waals surface area contributed by atoms with Crippen LogP contribution in [0.4, 0.5) is 0 Å². The molecule has 0 aliphatic carbocycles. The van der Waals surface area contributed by atoms with Crippen molar-refractivity contribution in [3.05, 3.63) is 28.8 Å². The van der Waals surface area contributed by atoms with Crippen LogP contribution in [0.5, 0.6) is 5.75 Å². The molecule has 136 valence electrons. The predicted molar refractivity (Wildman–Crippen MR) is 96.7 cm³/mol. The molecule has 5 nitrogen and oxygen atoms in total. The molecule has 1 rings (SSSR count). The number of halogens is 1. The minimum Gasteiger partial charge on any atom is -0.382 e. The van der Waals surface area contributed by atoms with Gasteiger partial charge in [0.25, 0.3) is 0 Å². The standard InChI is InChI=1S/C17H26ClNO4S/c1-6-13(4)19(17(20)9-12(2)3)11-14-10-15(18)7-8-16(14)23-24(5,21)22/h7-8,10,12-13H,6,9,11H2,1-5H3. The van der Waals surface area contributed by atoms with Crippen LogP contribution in [-0.4, -0.2) is 31.5 Å². The number of carbonyl (C=O) groups is 1. The van der Waals surface area contributed by atoms with Crippen LogP contribution in [0.25, 0.3) is 0 Å². The lowest BCUT2D eigenvalue weighted by Gasteiger charge is -2.30. The largest absolute Gasteiger partial charge is 0.382 e. The Morgan fingerprint density at radius 1 is 1.29 bits per heavy atom. The fourth-order valence-electron chi connectivity index (χ4n) is 2.28. The summed E-state index contributed by atoms with van der Waals surface area (Å²) < 4.78 is 28.0. The van der Waals surface area contributed by atoms with Crippen LogP contribution in [0.15, 0.2) is 18.2 Å². The molecule has 0 saturated carbocycles. The molecule has 0 aromatic heterocycles. The highest BCUT2D eigenvalue weighted by Crippen LogP contribution is 2.27. The fraction of sp³-hybridized carbons (Fsp3) is 0.588. The third-order valence-corrected chi connectivity index (χ3v) is 4.35. The molecule has 7 heteroatoms. The highest BCUT2D eigenvalue weighted by Gasteiger charge is 2.22. The van der Waals surface area contributed by atoms with Crippen molar-refractivity contribution in [1.82, 2.24) is 4.90 Å². The Balaban J connectivity index is 3.17. The van der Waals surface area contributed by atoms with E-state index in [4.69, 9.17) is 15.8 Å². The minimum absolute atomic E-state index is 0.0290. The quantitative estimate of drug-likeness (QED) is 0.647. The van der Waals surface area contributed by atoms with Crippen LogP contribution in [0.1, 0.15) is 46.1 Å². The molecule has 0 heterocycles. The molecule has 1 aromatic carbocycles. The van der Waals surface area contributed by atoms with E-state index in [2.05, 4.69) is 0 Å². The number of rotatable bonds is 8. The number of hydrogen-bond acceptors (Lipinski definition) is 4. The van der Waals surface area contributed by atoms with Crippen molar-refractivity contribution < 1.29 is 17.4 Å². The van der Waals surface area contributed by atoms with Crippen molar-refractivity contribution in [2.24, 2.45) is 5.92 Å². The summed E-state index contributed by atoms with van der Waals surface area (Å²) >= 11 is 6.04. The van der Waals surface area contributed by atoms with E-state index in [0.29, 0.717) is 17.0 Å². The minimum atomic E-state index is -3.66. The molecule has 0 N–H and O–H groups in total. The van der Waals surface area contributed by atoms with E-state index in [1.165, 1.54) is 6.07 Å². The average Bonchev–Trinajstić information content (AvgIpc) is 2.44. The molecule has 1 aromatic rings. The second-order valence-electron chi connectivity index (χ2n) is 6.42. The Kier molecular flexibility index (Phi) is 7.55. The number of carbonyl (C=O) groups excluding carboxylic acids is 1. The maximum Gasteiger partial charge on any atom is 0.306 e. The second-order valence-corrected chi connectivity index (χ2v) is 8.43. The molecule has 0 bridgehead atoms. The van der Waals surface area contributed by atoms with Gasteiger partial charge in [0.15, 0.2) is 0 Å². The first-order valence-electron chi connectivity index (χ1n) is 8.00. The van der Waals surface area contributed by atoms with Crippen molar-refractivity contribution in [2.75, 3.05) is 6.26 Å². The van der Waals surface area contributed by atoms with E-state index in [1.54, 1.807) is 17.0 Å².